The van der Waals surface area contributed by atoms with Crippen molar-refractivity contribution in [2.75, 3.05) is 0 Å². The van der Waals surface area contributed by atoms with Gasteiger partial charge in [0.2, 0.25) is 0 Å². The van der Waals surface area contributed by atoms with Crippen LogP contribution in [0.4, 0.5) is 0 Å². The summed E-state index contributed by atoms with van der Waals surface area (Å²) in [6.07, 6.45) is 1.53. The summed E-state index contributed by atoms with van der Waals surface area (Å²) in [5.41, 5.74) is 0.336. The number of rotatable bonds is 2. The number of aromatic nitrogens is 2. The third-order valence-electron chi connectivity index (χ3n) is 3.09. The Kier molecular flexibility index (Phi) is 3.53. The maximum atomic E-state index is 12.1. The van der Waals surface area contributed by atoms with Crippen LogP contribution in [0.15, 0.2) is 39.5 Å². The fourth-order valence-electron chi connectivity index (χ4n) is 2.07. The number of allylic oxidation sites excluding steroid dienone is 1. The van der Waals surface area contributed by atoms with E-state index in [1.807, 2.05) is 13.0 Å². The highest BCUT2D eigenvalue weighted by atomic mass is 35.5. The number of fused-ring (bicyclic) bond motifs is 1. The van der Waals surface area contributed by atoms with Gasteiger partial charge >= 0.3 is 0 Å². The molecule has 0 saturated carbocycles. The molecule has 5 nitrogen and oxygen atoms in total. The van der Waals surface area contributed by atoms with Gasteiger partial charge in [-0.25, -0.2) is 4.98 Å². The molecule has 0 amide bonds. The number of aromatic amines is 1. The Morgan fingerprint density at radius 3 is 2.91 bits per heavy atom. The SMILES string of the molecule is Cc1ccc(C=C(C#N)c2nc3ccc(Cl)cc3c(=O)[nH]2)o1. The molecule has 2 aromatic heterocycles. The highest BCUT2D eigenvalue weighted by molar-refractivity contribution is 6.31. The van der Waals surface area contributed by atoms with Gasteiger partial charge in [0, 0.05) is 11.1 Å². The maximum Gasteiger partial charge on any atom is 0.259 e. The Morgan fingerprint density at radius 2 is 2.23 bits per heavy atom. The van der Waals surface area contributed by atoms with Crippen LogP contribution in [0.25, 0.3) is 22.6 Å². The normalized spacial score (nSPS) is 11.6. The summed E-state index contributed by atoms with van der Waals surface area (Å²) in [5.74, 6) is 1.45. The number of halogens is 1. The summed E-state index contributed by atoms with van der Waals surface area (Å²) >= 11 is 5.87. The van der Waals surface area contributed by atoms with Crippen LogP contribution in [0.1, 0.15) is 17.3 Å². The standard InChI is InChI=1S/C16H10ClN3O2/c1-9-2-4-12(22-9)6-10(8-18)15-19-14-5-3-11(17)7-13(14)16(21)20-15/h2-7H,1H3,(H,19,20,21). The lowest BCUT2D eigenvalue weighted by atomic mass is 10.2. The summed E-state index contributed by atoms with van der Waals surface area (Å²) in [5, 5.41) is 10.1. The molecule has 0 aliphatic carbocycles. The van der Waals surface area contributed by atoms with Gasteiger partial charge in [-0.15, -0.1) is 0 Å². The van der Waals surface area contributed by atoms with Crippen LogP contribution < -0.4 is 5.56 Å². The first-order chi connectivity index (χ1) is 10.6. The van der Waals surface area contributed by atoms with Crippen molar-refractivity contribution < 1.29 is 4.42 Å². The molecule has 0 unspecified atom stereocenters. The van der Waals surface area contributed by atoms with Crippen LogP contribution in [0.3, 0.4) is 0 Å². The van der Waals surface area contributed by atoms with E-state index in [1.165, 1.54) is 12.1 Å². The van der Waals surface area contributed by atoms with E-state index in [2.05, 4.69) is 9.97 Å². The lowest BCUT2D eigenvalue weighted by molar-refractivity contribution is 0.525. The van der Waals surface area contributed by atoms with Crippen molar-refractivity contribution in [1.29, 1.82) is 5.26 Å². The molecule has 108 valence electrons. The highest BCUT2D eigenvalue weighted by Crippen LogP contribution is 2.19. The second-order valence-corrected chi connectivity index (χ2v) is 5.13. The Hall–Kier alpha value is -2.84. The van der Waals surface area contributed by atoms with Crippen molar-refractivity contribution in [3.63, 3.8) is 0 Å². The van der Waals surface area contributed by atoms with E-state index in [0.29, 0.717) is 21.7 Å². The minimum absolute atomic E-state index is 0.191. The van der Waals surface area contributed by atoms with Gasteiger partial charge in [0.05, 0.1) is 16.5 Å². The zero-order valence-electron chi connectivity index (χ0n) is 11.6. The molecule has 2 heterocycles. The molecule has 0 aliphatic heterocycles. The summed E-state index contributed by atoms with van der Waals surface area (Å²) in [4.78, 5) is 19.0. The van der Waals surface area contributed by atoms with Crippen LogP contribution in [-0.2, 0) is 0 Å². The molecule has 0 atom stereocenters. The molecular weight excluding hydrogens is 302 g/mol. The van der Waals surface area contributed by atoms with Crippen LogP contribution in [0.2, 0.25) is 5.02 Å². The molecule has 1 N–H and O–H groups in total. The maximum absolute atomic E-state index is 12.1. The lowest BCUT2D eigenvalue weighted by Gasteiger charge is -2.02. The Labute approximate surface area is 130 Å². The average Bonchev–Trinajstić information content (AvgIpc) is 2.90. The van der Waals surface area contributed by atoms with Crippen molar-refractivity contribution >= 4 is 34.2 Å². The fraction of sp³-hybridized carbons (Fsp3) is 0.0625. The molecule has 0 spiro atoms. The first kappa shape index (κ1) is 14.1. The van der Waals surface area contributed by atoms with Gasteiger partial charge in [0.25, 0.3) is 5.56 Å². The molecule has 0 radical (unpaired) electrons. The minimum Gasteiger partial charge on any atom is -0.462 e. The lowest BCUT2D eigenvalue weighted by Crippen LogP contribution is -2.11. The van der Waals surface area contributed by atoms with Crippen molar-refractivity contribution in [2.24, 2.45) is 0 Å². The van der Waals surface area contributed by atoms with Crippen LogP contribution >= 0.6 is 11.6 Å². The first-order valence-electron chi connectivity index (χ1n) is 6.45. The van der Waals surface area contributed by atoms with E-state index in [-0.39, 0.29) is 17.0 Å². The monoisotopic (exact) mass is 311 g/mol. The predicted molar refractivity (Wildman–Crippen MR) is 84.3 cm³/mol. The molecule has 22 heavy (non-hydrogen) atoms. The van der Waals surface area contributed by atoms with E-state index in [9.17, 15) is 10.1 Å². The van der Waals surface area contributed by atoms with Gasteiger partial charge in [-0.1, -0.05) is 11.6 Å². The van der Waals surface area contributed by atoms with Crippen molar-refractivity contribution in [1.82, 2.24) is 9.97 Å². The summed E-state index contributed by atoms with van der Waals surface area (Å²) in [6.45, 7) is 1.81. The van der Waals surface area contributed by atoms with Crippen LogP contribution in [0.5, 0.6) is 0 Å². The number of nitriles is 1. The Bertz CT molecular complexity index is 993. The van der Waals surface area contributed by atoms with E-state index < -0.39 is 0 Å². The largest absolute Gasteiger partial charge is 0.462 e. The number of nitrogens with one attached hydrogen (secondary N) is 1. The second kappa shape index (κ2) is 5.51. The van der Waals surface area contributed by atoms with Gasteiger partial charge < -0.3 is 9.40 Å². The number of furan rings is 1. The van der Waals surface area contributed by atoms with Gasteiger partial charge in [-0.3, -0.25) is 4.79 Å². The molecule has 0 aliphatic rings. The van der Waals surface area contributed by atoms with Gasteiger partial charge in [-0.2, -0.15) is 5.26 Å². The first-order valence-corrected chi connectivity index (χ1v) is 6.83. The fourth-order valence-corrected chi connectivity index (χ4v) is 2.24. The average molecular weight is 312 g/mol. The molecule has 0 fully saturated rings. The number of hydrogen-bond donors (Lipinski definition) is 1. The summed E-state index contributed by atoms with van der Waals surface area (Å²) < 4.78 is 5.41. The zero-order valence-corrected chi connectivity index (χ0v) is 12.3. The number of aryl methyl sites for hydroxylation is 1. The molecule has 3 aromatic rings. The molecular formula is C16H10ClN3O2. The van der Waals surface area contributed by atoms with Gasteiger partial charge in [-0.05, 0) is 37.3 Å². The van der Waals surface area contributed by atoms with Crippen molar-refractivity contribution in [3.05, 3.63) is 63.1 Å². The summed E-state index contributed by atoms with van der Waals surface area (Å²) in [7, 11) is 0. The number of H-pyrrole nitrogens is 1. The quantitative estimate of drug-likeness (QED) is 0.734. The summed E-state index contributed by atoms with van der Waals surface area (Å²) in [6, 6.07) is 10.4. The number of benzene rings is 1. The zero-order chi connectivity index (χ0) is 15.7. The highest BCUT2D eigenvalue weighted by Gasteiger charge is 2.09. The minimum atomic E-state index is -0.348. The van der Waals surface area contributed by atoms with E-state index in [4.69, 9.17) is 16.0 Å². The van der Waals surface area contributed by atoms with E-state index >= 15 is 0 Å². The molecule has 0 saturated heterocycles. The molecule has 0 bridgehead atoms. The van der Waals surface area contributed by atoms with Gasteiger partial charge in [0.1, 0.15) is 17.6 Å². The second-order valence-electron chi connectivity index (χ2n) is 4.69. The van der Waals surface area contributed by atoms with E-state index in [0.717, 1.165) is 5.76 Å². The van der Waals surface area contributed by atoms with Crippen molar-refractivity contribution in [3.8, 4) is 6.07 Å². The Balaban J connectivity index is 2.16. The molecule has 1 aromatic carbocycles. The van der Waals surface area contributed by atoms with Crippen LogP contribution in [0, 0.1) is 18.3 Å². The smallest absolute Gasteiger partial charge is 0.259 e. The topological polar surface area (TPSA) is 82.7 Å². The van der Waals surface area contributed by atoms with E-state index in [1.54, 1.807) is 24.3 Å². The molecule has 6 heteroatoms. The van der Waals surface area contributed by atoms with Crippen LogP contribution in [-0.4, -0.2) is 9.97 Å². The third-order valence-corrected chi connectivity index (χ3v) is 3.33. The van der Waals surface area contributed by atoms with Gasteiger partial charge in [0.15, 0.2) is 5.82 Å². The Morgan fingerprint density at radius 1 is 1.41 bits per heavy atom. The third kappa shape index (κ3) is 2.65. The number of hydrogen-bond acceptors (Lipinski definition) is 4. The van der Waals surface area contributed by atoms with Crippen molar-refractivity contribution in [2.45, 2.75) is 6.92 Å². The number of nitrogens with zero attached hydrogens (tertiary/aromatic N) is 2. The molecule has 3 rings (SSSR count). The predicted octanol–water partition coefficient (Wildman–Crippen LogP) is 3.54.